The molecule has 2 heterocycles. The lowest BCUT2D eigenvalue weighted by Crippen LogP contribution is -2.04. The van der Waals surface area contributed by atoms with Crippen LogP contribution in [-0.2, 0) is 9.84 Å². The molecule has 4 rings (SSSR count). The first-order chi connectivity index (χ1) is 13.4. The molecular weight excluding hydrogens is 379 g/mol. The average molecular weight is 394 g/mol. The Morgan fingerprint density at radius 2 is 1.61 bits per heavy atom. The normalized spacial score (nSPS) is 11.5. The van der Waals surface area contributed by atoms with Crippen LogP contribution in [-0.4, -0.2) is 34.6 Å². The van der Waals surface area contributed by atoms with Gasteiger partial charge in [-0.1, -0.05) is 30.3 Å². The SMILES string of the molecule is CS(=O)(=O)c1nccc(-c2[nH]c(-c3ccccc3)nc2-c2ccc(F)cc2)n1. The van der Waals surface area contributed by atoms with E-state index >= 15 is 0 Å². The molecule has 0 spiro atoms. The molecule has 28 heavy (non-hydrogen) atoms. The number of nitrogens with zero attached hydrogens (tertiary/aromatic N) is 3. The Bertz CT molecular complexity index is 1240. The van der Waals surface area contributed by atoms with Crippen molar-refractivity contribution in [2.45, 2.75) is 5.16 Å². The lowest BCUT2D eigenvalue weighted by atomic mass is 10.1. The summed E-state index contributed by atoms with van der Waals surface area (Å²) in [5.41, 5.74) is 2.98. The second kappa shape index (κ2) is 6.97. The molecule has 1 N–H and O–H groups in total. The van der Waals surface area contributed by atoms with Crippen molar-refractivity contribution in [1.82, 2.24) is 19.9 Å². The Morgan fingerprint density at radius 3 is 2.29 bits per heavy atom. The monoisotopic (exact) mass is 394 g/mol. The summed E-state index contributed by atoms with van der Waals surface area (Å²) in [5, 5.41) is -0.272. The van der Waals surface area contributed by atoms with Gasteiger partial charge in [0.2, 0.25) is 15.0 Å². The van der Waals surface area contributed by atoms with E-state index in [9.17, 15) is 12.8 Å². The number of hydrogen-bond donors (Lipinski definition) is 1. The van der Waals surface area contributed by atoms with Gasteiger partial charge in [-0.25, -0.2) is 27.8 Å². The van der Waals surface area contributed by atoms with E-state index in [1.807, 2.05) is 30.3 Å². The van der Waals surface area contributed by atoms with Crippen LogP contribution in [0.25, 0.3) is 34.0 Å². The summed E-state index contributed by atoms with van der Waals surface area (Å²) in [5.74, 6) is 0.236. The van der Waals surface area contributed by atoms with Crippen molar-refractivity contribution in [2.24, 2.45) is 0 Å². The molecule has 0 saturated heterocycles. The highest BCUT2D eigenvalue weighted by molar-refractivity contribution is 7.90. The number of halogens is 1. The Balaban J connectivity index is 1.93. The van der Waals surface area contributed by atoms with E-state index in [1.54, 1.807) is 18.2 Å². The van der Waals surface area contributed by atoms with Gasteiger partial charge in [-0.3, -0.25) is 0 Å². The summed E-state index contributed by atoms with van der Waals surface area (Å²) in [6, 6.07) is 17.0. The third-order valence-electron chi connectivity index (χ3n) is 4.09. The first-order valence-electron chi connectivity index (χ1n) is 8.36. The second-order valence-corrected chi connectivity index (χ2v) is 8.09. The second-order valence-electron chi connectivity index (χ2n) is 6.18. The van der Waals surface area contributed by atoms with Gasteiger partial charge in [0.15, 0.2) is 0 Å². The number of rotatable bonds is 4. The van der Waals surface area contributed by atoms with E-state index in [0.29, 0.717) is 28.5 Å². The standard InChI is InChI=1S/C20H15FN4O2S/c1-28(26,27)20-22-12-11-16(23-20)18-17(13-7-9-15(21)10-8-13)24-19(25-18)14-5-3-2-4-6-14/h2-12H,1H3,(H,24,25). The van der Waals surface area contributed by atoms with Crippen LogP contribution in [0.3, 0.4) is 0 Å². The minimum atomic E-state index is -3.57. The fourth-order valence-electron chi connectivity index (χ4n) is 2.77. The van der Waals surface area contributed by atoms with Gasteiger partial charge in [-0.15, -0.1) is 0 Å². The fraction of sp³-hybridized carbons (Fsp3) is 0.0500. The molecule has 2 aromatic carbocycles. The van der Waals surface area contributed by atoms with Crippen LogP contribution >= 0.6 is 0 Å². The summed E-state index contributed by atoms with van der Waals surface area (Å²) in [6.45, 7) is 0. The smallest absolute Gasteiger partial charge is 0.247 e. The molecule has 0 atom stereocenters. The number of imidazole rings is 1. The van der Waals surface area contributed by atoms with Gasteiger partial charge in [0.05, 0.1) is 17.1 Å². The molecule has 0 fully saturated rings. The molecule has 0 aliphatic heterocycles. The lowest BCUT2D eigenvalue weighted by molar-refractivity contribution is 0.593. The summed E-state index contributed by atoms with van der Waals surface area (Å²) < 4.78 is 37.1. The molecule has 0 aliphatic carbocycles. The molecule has 0 aliphatic rings. The van der Waals surface area contributed by atoms with Gasteiger partial charge < -0.3 is 4.98 Å². The van der Waals surface area contributed by atoms with Crippen LogP contribution in [0, 0.1) is 5.82 Å². The molecule has 140 valence electrons. The number of H-pyrrole nitrogens is 1. The van der Waals surface area contributed by atoms with E-state index in [4.69, 9.17) is 0 Å². The van der Waals surface area contributed by atoms with Crippen LogP contribution < -0.4 is 0 Å². The van der Waals surface area contributed by atoms with Gasteiger partial charge >= 0.3 is 0 Å². The molecule has 8 heteroatoms. The molecule has 0 radical (unpaired) electrons. The minimum Gasteiger partial charge on any atom is -0.336 e. The number of hydrogen-bond acceptors (Lipinski definition) is 5. The third-order valence-corrected chi connectivity index (χ3v) is 4.95. The lowest BCUT2D eigenvalue weighted by Gasteiger charge is -2.04. The molecule has 2 aromatic heterocycles. The van der Waals surface area contributed by atoms with Crippen LogP contribution in [0.15, 0.2) is 72.0 Å². The number of sulfone groups is 1. The summed E-state index contributed by atoms with van der Waals surface area (Å²) in [7, 11) is -3.57. The highest BCUT2D eigenvalue weighted by Gasteiger charge is 2.19. The van der Waals surface area contributed by atoms with E-state index < -0.39 is 9.84 Å². The van der Waals surface area contributed by atoms with Gasteiger partial charge in [0.25, 0.3) is 0 Å². The Kier molecular flexibility index (Phi) is 4.48. The highest BCUT2D eigenvalue weighted by atomic mass is 32.2. The van der Waals surface area contributed by atoms with Crippen molar-refractivity contribution < 1.29 is 12.8 Å². The number of aromatic nitrogens is 4. The number of benzene rings is 2. The van der Waals surface area contributed by atoms with Crippen LogP contribution in [0.4, 0.5) is 4.39 Å². The summed E-state index contributed by atoms with van der Waals surface area (Å²) in [6.07, 6.45) is 2.44. The van der Waals surface area contributed by atoms with E-state index in [2.05, 4.69) is 19.9 Å². The zero-order chi connectivity index (χ0) is 19.7. The maximum Gasteiger partial charge on any atom is 0.247 e. The summed E-state index contributed by atoms with van der Waals surface area (Å²) >= 11 is 0. The predicted octanol–water partition coefficient (Wildman–Crippen LogP) is 3.74. The van der Waals surface area contributed by atoms with E-state index in [-0.39, 0.29) is 11.0 Å². The number of nitrogens with one attached hydrogen (secondary N) is 1. The average Bonchev–Trinajstić information content (AvgIpc) is 3.14. The van der Waals surface area contributed by atoms with Crippen molar-refractivity contribution in [2.75, 3.05) is 6.26 Å². The summed E-state index contributed by atoms with van der Waals surface area (Å²) in [4.78, 5) is 15.9. The molecule has 6 nitrogen and oxygen atoms in total. The van der Waals surface area contributed by atoms with E-state index in [1.165, 1.54) is 18.3 Å². The molecule has 0 saturated carbocycles. The zero-order valence-electron chi connectivity index (χ0n) is 14.8. The quantitative estimate of drug-likeness (QED) is 0.533. The molecular formula is C20H15FN4O2S. The highest BCUT2D eigenvalue weighted by Crippen LogP contribution is 2.32. The Labute approximate surface area is 161 Å². The van der Waals surface area contributed by atoms with Gasteiger partial charge in [0, 0.05) is 23.6 Å². The zero-order valence-corrected chi connectivity index (χ0v) is 15.6. The van der Waals surface area contributed by atoms with Crippen LogP contribution in [0.2, 0.25) is 0 Å². The Hall–Kier alpha value is -3.39. The van der Waals surface area contributed by atoms with Gasteiger partial charge in [-0.2, -0.15) is 0 Å². The van der Waals surface area contributed by atoms with Crippen molar-refractivity contribution in [3.8, 4) is 34.0 Å². The maximum atomic E-state index is 13.4. The predicted molar refractivity (Wildman–Crippen MR) is 104 cm³/mol. The fourth-order valence-corrected chi connectivity index (χ4v) is 3.28. The maximum absolute atomic E-state index is 13.4. The van der Waals surface area contributed by atoms with E-state index in [0.717, 1.165) is 11.8 Å². The Morgan fingerprint density at radius 1 is 0.893 bits per heavy atom. The van der Waals surface area contributed by atoms with Crippen molar-refractivity contribution in [3.63, 3.8) is 0 Å². The number of aromatic amines is 1. The largest absolute Gasteiger partial charge is 0.336 e. The van der Waals surface area contributed by atoms with Crippen LogP contribution in [0.1, 0.15) is 0 Å². The first-order valence-corrected chi connectivity index (χ1v) is 10.3. The molecule has 0 bridgehead atoms. The van der Waals surface area contributed by atoms with Gasteiger partial charge in [-0.05, 0) is 30.3 Å². The van der Waals surface area contributed by atoms with Crippen molar-refractivity contribution in [1.29, 1.82) is 0 Å². The van der Waals surface area contributed by atoms with Crippen molar-refractivity contribution in [3.05, 3.63) is 72.7 Å². The molecule has 0 amide bonds. The topological polar surface area (TPSA) is 88.6 Å². The van der Waals surface area contributed by atoms with Gasteiger partial charge in [0.1, 0.15) is 11.6 Å². The van der Waals surface area contributed by atoms with Crippen molar-refractivity contribution >= 4 is 9.84 Å². The molecule has 0 unspecified atom stereocenters. The first kappa shape index (κ1) is 18.0. The van der Waals surface area contributed by atoms with Crippen LogP contribution in [0.5, 0.6) is 0 Å². The third kappa shape index (κ3) is 3.54. The molecule has 4 aromatic rings. The minimum absolute atomic E-state index is 0.272.